The van der Waals surface area contributed by atoms with Gasteiger partial charge >= 0.3 is 0 Å². The summed E-state index contributed by atoms with van der Waals surface area (Å²) in [4.78, 5) is 15.2. The molecule has 0 unspecified atom stereocenters. The summed E-state index contributed by atoms with van der Waals surface area (Å²) < 4.78 is 3.81. The van der Waals surface area contributed by atoms with Gasteiger partial charge in [-0.3, -0.25) is 9.69 Å². The van der Waals surface area contributed by atoms with Crippen LogP contribution < -0.4 is 5.32 Å². The standard InChI is InChI=1S/C17H22N4OS/c1-13-16(23-20-19-13)17(22)18-11-14-7-9-21(10-8-14)12-15-5-3-2-4-6-15/h2-6,14H,7-12H2,1H3,(H,18,22). The van der Waals surface area contributed by atoms with Crippen LogP contribution in [0.25, 0.3) is 0 Å². The van der Waals surface area contributed by atoms with Crippen LogP contribution in [0.2, 0.25) is 0 Å². The van der Waals surface area contributed by atoms with Crippen molar-refractivity contribution in [2.24, 2.45) is 5.92 Å². The second-order valence-corrected chi connectivity index (χ2v) is 6.86. The minimum absolute atomic E-state index is 0.0378. The number of aryl methyl sites for hydroxylation is 1. The molecule has 0 radical (unpaired) electrons. The Kier molecular flexibility index (Phi) is 5.35. The van der Waals surface area contributed by atoms with Crippen LogP contribution in [0.1, 0.15) is 33.8 Å². The van der Waals surface area contributed by atoms with E-state index in [-0.39, 0.29) is 5.91 Å². The molecule has 0 bridgehead atoms. The smallest absolute Gasteiger partial charge is 0.264 e. The van der Waals surface area contributed by atoms with Crippen molar-refractivity contribution in [2.75, 3.05) is 19.6 Å². The van der Waals surface area contributed by atoms with Crippen LogP contribution >= 0.6 is 11.5 Å². The zero-order valence-corrected chi connectivity index (χ0v) is 14.2. The Bertz CT molecular complexity index is 635. The number of benzene rings is 1. The number of nitrogens with one attached hydrogen (secondary N) is 1. The topological polar surface area (TPSA) is 58.1 Å². The molecule has 1 fully saturated rings. The van der Waals surface area contributed by atoms with E-state index in [1.54, 1.807) is 0 Å². The highest BCUT2D eigenvalue weighted by Gasteiger charge is 2.21. The second kappa shape index (κ2) is 7.66. The average molecular weight is 330 g/mol. The van der Waals surface area contributed by atoms with Gasteiger partial charge in [0.25, 0.3) is 5.91 Å². The van der Waals surface area contributed by atoms with Crippen molar-refractivity contribution in [2.45, 2.75) is 26.3 Å². The van der Waals surface area contributed by atoms with Crippen molar-refractivity contribution >= 4 is 17.4 Å². The van der Waals surface area contributed by atoms with Crippen molar-refractivity contribution < 1.29 is 4.79 Å². The van der Waals surface area contributed by atoms with Gasteiger partial charge < -0.3 is 5.32 Å². The van der Waals surface area contributed by atoms with E-state index in [2.05, 4.69) is 50.1 Å². The lowest BCUT2D eigenvalue weighted by atomic mass is 9.96. The Morgan fingerprint density at radius 2 is 2.04 bits per heavy atom. The maximum Gasteiger partial charge on any atom is 0.264 e. The normalized spacial score (nSPS) is 16.4. The Morgan fingerprint density at radius 1 is 1.30 bits per heavy atom. The Morgan fingerprint density at radius 3 is 2.70 bits per heavy atom. The monoisotopic (exact) mass is 330 g/mol. The number of hydrogen-bond acceptors (Lipinski definition) is 5. The van der Waals surface area contributed by atoms with Crippen LogP contribution in [-0.2, 0) is 6.54 Å². The number of piperidine rings is 1. The van der Waals surface area contributed by atoms with Crippen LogP contribution in [-0.4, -0.2) is 40.0 Å². The third-order valence-electron chi connectivity index (χ3n) is 4.37. The van der Waals surface area contributed by atoms with Crippen LogP contribution in [0.3, 0.4) is 0 Å². The fourth-order valence-corrected chi connectivity index (χ4v) is 3.52. The first-order valence-corrected chi connectivity index (χ1v) is 8.83. The molecule has 23 heavy (non-hydrogen) atoms. The lowest BCUT2D eigenvalue weighted by Crippen LogP contribution is -2.38. The van der Waals surface area contributed by atoms with E-state index < -0.39 is 0 Å². The minimum atomic E-state index is -0.0378. The van der Waals surface area contributed by atoms with E-state index in [1.807, 2.05) is 6.92 Å². The summed E-state index contributed by atoms with van der Waals surface area (Å²) in [6.45, 7) is 5.77. The predicted molar refractivity (Wildman–Crippen MR) is 91.4 cm³/mol. The molecule has 1 aromatic heterocycles. The third-order valence-corrected chi connectivity index (χ3v) is 5.19. The Labute approximate surface area is 140 Å². The van der Waals surface area contributed by atoms with Gasteiger partial charge in [0.2, 0.25) is 0 Å². The largest absolute Gasteiger partial charge is 0.351 e. The van der Waals surface area contributed by atoms with Crippen molar-refractivity contribution in [3.05, 3.63) is 46.5 Å². The summed E-state index contributed by atoms with van der Waals surface area (Å²) in [5, 5.41) is 6.92. The fourth-order valence-electron chi connectivity index (χ4n) is 2.95. The Balaban J connectivity index is 1.41. The summed E-state index contributed by atoms with van der Waals surface area (Å²) in [6, 6.07) is 10.6. The maximum atomic E-state index is 12.1. The average Bonchev–Trinajstić information content (AvgIpc) is 3.01. The molecule has 0 atom stereocenters. The molecule has 1 aliphatic heterocycles. The molecule has 1 saturated heterocycles. The van der Waals surface area contributed by atoms with E-state index in [1.165, 1.54) is 5.56 Å². The molecular weight excluding hydrogens is 308 g/mol. The number of aromatic nitrogens is 2. The molecule has 5 nitrogen and oxygen atoms in total. The summed E-state index contributed by atoms with van der Waals surface area (Å²) in [6.07, 6.45) is 2.26. The zero-order chi connectivity index (χ0) is 16.1. The van der Waals surface area contributed by atoms with Crippen LogP contribution in [0.5, 0.6) is 0 Å². The van der Waals surface area contributed by atoms with Gasteiger partial charge in [0, 0.05) is 13.1 Å². The van der Waals surface area contributed by atoms with Gasteiger partial charge in [-0.05, 0) is 55.9 Å². The van der Waals surface area contributed by atoms with Gasteiger partial charge in [-0.25, -0.2) is 0 Å². The number of hydrogen-bond donors (Lipinski definition) is 1. The fraction of sp³-hybridized carbons (Fsp3) is 0.471. The summed E-state index contributed by atoms with van der Waals surface area (Å²) in [7, 11) is 0. The second-order valence-electron chi connectivity index (χ2n) is 6.10. The molecule has 1 N–H and O–H groups in total. The van der Waals surface area contributed by atoms with Crippen molar-refractivity contribution in [1.82, 2.24) is 19.8 Å². The third kappa shape index (κ3) is 4.36. The highest BCUT2D eigenvalue weighted by Crippen LogP contribution is 2.19. The Hall–Kier alpha value is -1.79. The highest BCUT2D eigenvalue weighted by atomic mass is 32.1. The molecule has 6 heteroatoms. The van der Waals surface area contributed by atoms with Gasteiger partial charge in [-0.1, -0.05) is 34.8 Å². The molecule has 1 aliphatic rings. The minimum Gasteiger partial charge on any atom is -0.351 e. The number of likely N-dealkylation sites (tertiary alicyclic amines) is 1. The van der Waals surface area contributed by atoms with Crippen LogP contribution in [0.15, 0.2) is 30.3 Å². The summed E-state index contributed by atoms with van der Waals surface area (Å²) >= 11 is 1.16. The first kappa shape index (κ1) is 16.1. The van der Waals surface area contributed by atoms with Crippen molar-refractivity contribution in [1.29, 1.82) is 0 Å². The highest BCUT2D eigenvalue weighted by molar-refractivity contribution is 7.07. The summed E-state index contributed by atoms with van der Waals surface area (Å²) in [5.41, 5.74) is 2.08. The first-order chi connectivity index (χ1) is 11.2. The molecular formula is C17H22N4OS. The van der Waals surface area contributed by atoms with E-state index in [9.17, 15) is 4.79 Å². The van der Waals surface area contributed by atoms with Crippen molar-refractivity contribution in [3.8, 4) is 0 Å². The van der Waals surface area contributed by atoms with Gasteiger partial charge in [0.1, 0.15) is 4.88 Å². The molecule has 3 rings (SSSR count). The number of rotatable bonds is 5. The molecule has 0 saturated carbocycles. The van der Waals surface area contributed by atoms with Crippen molar-refractivity contribution in [3.63, 3.8) is 0 Å². The van der Waals surface area contributed by atoms with Crippen LogP contribution in [0.4, 0.5) is 0 Å². The van der Waals surface area contributed by atoms with E-state index in [4.69, 9.17) is 0 Å². The van der Waals surface area contributed by atoms with Crippen LogP contribution in [0, 0.1) is 12.8 Å². The SMILES string of the molecule is Cc1nnsc1C(=O)NCC1CCN(Cc2ccccc2)CC1. The number of carbonyl (C=O) groups is 1. The maximum absolute atomic E-state index is 12.1. The molecule has 0 spiro atoms. The lowest BCUT2D eigenvalue weighted by molar-refractivity contribution is 0.0938. The molecule has 1 amide bonds. The first-order valence-electron chi connectivity index (χ1n) is 8.06. The van der Waals surface area contributed by atoms with E-state index in [0.29, 0.717) is 16.5 Å². The number of amides is 1. The molecule has 2 aromatic rings. The predicted octanol–water partition coefficient (Wildman–Crippen LogP) is 2.49. The van der Waals surface area contributed by atoms with Gasteiger partial charge in [0.15, 0.2) is 0 Å². The molecule has 1 aromatic carbocycles. The summed E-state index contributed by atoms with van der Waals surface area (Å²) in [5.74, 6) is 0.524. The number of carbonyl (C=O) groups excluding carboxylic acids is 1. The lowest BCUT2D eigenvalue weighted by Gasteiger charge is -2.32. The quantitative estimate of drug-likeness (QED) is 0.915. The van der Waals surface area contributed by atoms with Gasteiger partial charge in [-0.2, -0.15) is 0 Å². The zero-order valence-electron chi connectivity index (χ0n) is 13.4. The van der Waals surface area contributed by atoms with Gasteiger partial charge in [0.05, 0.1) is 5.69 Å². The molecule has 0 aliphatic carbocycles. The van der Waals surface area contributed by atoms with Gasteiger partial charge in [-0.15, -0.1) is 5.10 Å². The van der Waals surface area contributed by atoms with E-state index >= 15 is 0 Å². The van der Waals surface area contributed by atoms with E-state index in [0.717, 1.165) is 50.6 Å². The molecule has 122 valence electrons. The number of nitrogens with zero attached hydrogens (tertiary/aromatic N) is 3. The molecule has 2 heterocycles.